The van der Waals surface area contributed by atoms with E-state index in [0.717, 1.165) is 58.5 Å². The molecule has 9 heteroatoms. The third kappa shape index (κ3) is 5.44. The molecule has 1 saturated heterocycles. The Bertz CT molecular complexity index is 639. The second-order valence-electron chi connectivity index (χ2n) is 7.15. The van der Waals surface area contributed by atoms with E-state index in [-0.39, 0.29) is 18.0 Å². The van der Waals surface area contributed by atoms with Crippen molar-refractivity contribution >= 4 is 5.91 Å². The fraction of sp³-hybridized carbons (Fsp3) is 0.778. The van der Waals surface area contributed by atoms with Crippen molar-refractivity contribution in [2.45, 2.75) is 51.2 Å². The molecule has 1 aromatic heterocycles. The fourth-order valence-electron chi connectivity index (χ4n) is 3.75. The quantitative estimate of drug-likeness (QED) is 0.598. The molecule has 1 amide bonds. The molecule has 152 valence electrons. The Labute approximate surface area is 157 Å². The van der Waals surface area contributed by atoms with Crippen molar-refractivity contribution in [1.82, 2.24) is 20.0 Å². The van der Waals surface area contributed by atoms with Crippen LogP contribution in [0.2, 0.25) is 0 Å². The van der Waals surface area contributed by atoms with Crippen LogP contribution in [0, 0.1) is 0 Å². The molecule has 1 aromatic rings. The van der Waals surface area contributed by atoms with Gasteiger partial charge in [0.2, 0.25) is 5.91 Å². The van der Waals surface area contributed by atoms with Crippen LogP contribution in [0.5, 0.6) is 0 Å². The Kier molecular flexibility index (Phi) is 6.75. The maximum absolute atomic E-state index is 13.3. The Balaban J connectivity index is 1.54. The van der Waals surface area contributed by atoms with Crippen LogP contribution >= 0.6 is 0 Å². The number of carbonyl (C=O) groups excluding carboxylic acids is 1. The van der Waals surface area contributed by atoms with Crippen LogP contribution in [-0.2, 0) is 35.1 Å². The fourth-order valence-corrected chi connectivity index (χ4v) is 3.75. The highest BCUT2D eigenvalue weighted by Crippen LogP contribution is 2.35. The standard InChI is InChI=1S/C18H27F3N4O2/c19-18(20,21)17-14-5-2-1-3-6-15(14)25(23-17)13-16(26)22-7-4-8-24-9-11-27-12-10-24/h1-13H2,(H,22,26). The van der Waals surface area contributed by atoms with E-state index in [2.05, 4.69) is 15.3 Å². The molecule has 0 aromatic carbocycles. The van der Waals surface area contributed by atoms with Gasteiger partial charge in [0.15, 0.2) is 5.69 Å². The van der Waals surface area contributed by atoms with Gasteiger partial charge in [-0.25, -0.2) is 0 Å². The number of nitrogens with one attached hydrogen (secondary N) is 1. The van der Waals surface area contributed by atoms with Crippen molar-refractivity contribution in [3.8, 4) is 0 Å². The molecule has 1 N–H and O–H groups in total. The lowest BCUT2D eigenvalue weighted by Gasteiger charge is -2.26. The van der Waals surface area contributed by atoms with Gasteiger partial charge in [0.05, 0.1) is 13.2 Å². The van der Waals surface area contributed by atoms with E-state index < -0.39 is 11.9 Å². The number of amides is 1. The number of fused-ring (bicyclic) bond motifs is 1. The monoisotopic (exact) mass is 388 g/mol. The minimum absolute atomic E-state index is 0.157. The first-order valence-electron chi connectivity index (χ1n) is 9.67. The van der Waals surface area contributed by atoms with Crippen LogP contribution in [-0.4, -0.2) is 60.0 Å². The first-order valence-corrected chi connectivity index (χ1v) is 9.67. The number of hydrogen-bond donors (Lipinski definition) is 1. The maximum Gasteiger partial charge on any atom is 0.435 e. The third-order valence-corrected chi connectivity index (χ3v) is 5.15. The van der Waals surface area contributed by atoms with Crippen LogP contribution < -0.4 is 5.32 Å². The number of morpholine rings is 1. The first-order chi connectivity index (χ1) is 12.9. The van der Waals surface area contributed by atoms with Crippen LogP contribution in [0.3, 0.4) is 0 Å². The number of alkyl halides is 3. The lowest BCUT2D eigenvalue weighted by atomic mass is 10.1. The summed E-state index contributed by atoms with van der Waals surface area (Å²) >= 11 is 0. The average molecular weight is 388 g/mol. The van der Waals surface area contributed by atoms with Gasteiger partial charge in [-0.05, 0) is 38.6 Å². The van der Waals surface area contributed by atoms with Gasteiger partial charge in [0.1, 0.15) is 6.54 Å². The normalized spacial score (nSPS) is 18.8. The maximum atomic E-state index is 13.3. The Hall–Kier alpha value is -1.61. The molecule has 0 radical (unpaired) electrons. The molecule has 0 saturated carbocycles. The van der Waals surface area contributed by atoms with Crippen molar-refractivity contribution in [1.29, 1.82) is 0 Å². The van der Waals surface area contributed by atoms with Gasteiger partial charge in [0, 0.05) is 30.9 Å². The number of halogens is 3. The van der Waals surface area contributed by atoms with Gasteiger partial charge in [-0.2, -0.15) is 18.3 Å². The van der Waals surface area contributed by atoms with Crippen molar-refractivity contribution in [3.05, 3.63) is 17.0 Å². The summed E-state index contributed by atoms with van der Waals surface area (Å²) in [6, 6.07) is 0. The molecule has 0 spiro atoms. The van der Waals surface area contributed by atoms with E-state index in [4.69, 9.17) is 4.74 Å². The topological polar surface area (TPSA) is 59.4 Å². The van der Waals surface area contributed by atoms with Gasteiger partial charge in [-0.3, -0.25) is 14.4 Å². The molecule has 3 rings (SSSR count). The highest BCUT2D eigenvalue weighted by Gasteiger charge is 2.39. The summed E-state index contributed by atoms with van der Waals surface area (Å²) in [7, 11) is 0. The highest BCUT2D eigenvalue weighted by atomic mass is 19.4. The minimum atomic E-state index is -4.48. The number of hydrogen-bond acceptors (Lipinski definition) is 4. The van der Waals surface area contributed by atoms with E-state index >= 15 is 0 Å². The predicted octanol–water partition coefficient (Wildman–Crippen LogP) is 2.01. The zero-order valence-electron chi connectivity index (χ0n) is 15.5. The van der Waals surface area contributed by atoms with E-state index in [0.29, 0.717) is 25.1 Å². The number of rotatable bonds is 6. The lowest BCUT2D eigenvalue weighted by Crippen LogP contribution is -2.38. The molecular weight excluding hydrogens is 361 g/mol. The Morgan fingerprint density at radius 2 is 1.89 bits per heavy atom. The van der Waals surface area contributed by atoms with E-state index in [1.807, 2.05) is 0 Å². The van der Waals surface area contributed by atoms with Crippen molar-refractivity contribution < 1.29 is 22.7 Å². The van der Waals surface area contributed by atoms with E-state index in [9.17, 15) is 18.0 Å². The van der Waals surface area contributed by atoms with Crippen molar-refractivity contribution in [2.75, 3.05) is 39.4 Å². The van der Waals surface area contributed by atoms with Gasteiger partial charge in [-0.15, -0.1) is 0 Å². The Morgan fingerprint density at radius 1 is 1.15 bits per heavy atom. The number of ether oxygens (including phenoxy) is 1. The van der Waals surface area contributed by atoms with Crippen LogP contribution in [0.1, 0.15) is 42.6 Å². The smallest absolute Gasteiger partial charge is 0.379 e. The molecule has 6 nitrogen and oxygen atoms in total. The lowest BCUT2D eigenvalue weighted by molar-refractivity contribution is -0.142. The molecule has 0 atom stereocenters. The van der Waals surface area contributed by atoms with Gasteiger partial charge >= 0.3 is 6.18 Å². The van der Waals surface area contributed by atoms with Crippen molar-refractivity contribution in [2.24, 2.45) is 0 Å². The molecule has 1 aliphatic heterocycles. The number of carbonyl (C=O) groups is 1. The minimum Gasteiger partial charge on any atom is -0.379 e. The van der Waals surface area contributed by atoms with Gasteiger partial charge in [-0.1, -0.05) is 6.42 Å². The van der Waals surface area contributed by atoms with Gasteiger partial charge in [0.25, 0.3) is 0 Å². The summed E-state index contributed by atoms with van der Waals surface area (Å²) in [5, 5.41) is 6.56. The molecule has 1 fully saturated rings. The second kappa shape index (κ2) is 9.05. The SMILES string of the molecule is O=C(Cn1nc(C(F)(F)F)c2c1CCCCC2)NCCCN1CCOCC1. The predicted molar refractivity (Wildman–Crippen MR) is 93.4 cm³/mol. The van der Waals surface area contributed by atoms with Crippen LogP contribution in [0.25, 0.3) is 0 Å². The van der Waals surface area contributed by atoms with Crippen molar-refractivity contribution in [3.63, 3.8) is 0 Å². The Morgan fingerprint density at radius 3 is 2.63 bits per heavy atom. The molecule has 2 heterocycles. The summed E-state index contributed by atoms with van der Waals surface area (Å²) < 4.78 is 46.4. The van der Waals surface area contributed by atoms with E-state index in [1.165, 1.54) is 4.68 Å². The molecule has 0 bridgehead atoms. The summed E-state index contributed by atoms with van der Waals surface area (Å²) in [5.74, 6) is -0.291. The summed E-state index contributed by atoms with van der Waals surface area (Å²) in [4.78, 5) is 14.5. The van der Waals surface area contributed by atoms with Gasteiger partial charge < -0.3 is 10.1 Å². The third-order valence-electron chi connectivity index (χ3n) is 5.15. The summed E-state index contributed by atoms with van der Waals surface area (Å²) in [6.45, 7) is 4.48. The first kappa shape index (κ1) is 20.1. The van der Waals surface area contributed by atoms with E-state index in [1.54, 1.807) is 0 Å². The molecular formula is C18H27F3N4O2. The largest absolute Gasteiger partial charge is 0.435 e. The zero-order valence-corrected chi connectivity index (χ0v) is 15.5. The second-order valence-corrected chi connectivity index (χ2v) is 7.15. The summed E-state index contributed by atoms with van der Waals surface area (Å²) in [5.41, 5.74) is 0.0305. The van der Waals surface area contributed by atoms with Crippen LogP contribution in [0.4, 0.5) is 13.2 Å². The molecule has 0 unspecified atom stereocenters. The molecule has 1 aliphatic carbocycles. The molecule has 27 heavy (non-hydrogen) atoms. The highest BCUT2D eigenvalue weighted by molar-refractivity contribution is 5.75. The molecule has 2 aliphatic rings. The zero-order chi connectivity index (χ0) is 19.3. The number of aromatic nitrogens is 2. The number of nitrogens with zero attached hydrogens (tertiary/aromatic N) is 3. The van der Waals surface area contributed by atoms with Crippen LogP contribution in [0.15, 0.2) is 0 Å². The average Bonchev–Trinajstić information content (AvgIpc) is 2.81. The summed E-state index contributed by atoms with van der Waals surface area (Å²) in [6.07, 6.45) is -0.286.